The molecule has 0 saturated heterocycles. The monoisotopic (exact) mass is 1160 g/mol. The van der Waals surface area contributed by atoms with E-state index < -0.39 is 6.10 Å². The maximum atomic E-state index is 13.0. The van der Waals surface area contributed by atoms with E-state index in [4.69, 9.17) is 14.2 Å². The minimum Gasteiger partial charge on any atom is -0.462 e. The molecule has 0 saturated carbocycles. The topological polar surface area (TPSA) is 78.9 Å². The Bertz CT molecular complexity index is 1570. The molecular weight excluding hydrogens is 1020 g/mol. The molecule has 0 aromatic rings. The van der Waals surface area contributed by atoms with E-state index in [1.165, 1.54) is 231 Å². The van der Waals surface area contributed by atoms with Crippen molar-refractivity contribution >= 4 is 17.9 Å². The maximum absolute atomic E-state index is 13.0. The van der Waals surface area contributed by atoms with E-state index in [2.05, 4.69) is 106 Å². The van der Waals surface area contributed by atoms with E-state index in [9.17, 15) is 14.4 Å². The highest BCUT2D eigenvalue weighted by Crippen LogP contribution is 2.18. The van der Waals surface area contributed by atoms with Crippen LogP contribution in [-0.2, 0) is 28.6 Å². The van der Waals surface area contributed by atoms with Gasteiger partial charge in [0.05, 0.1) is 0 Å². The lowest BCUT2D eigenvalue weighted by Crippen LogP contribution is -2.30. The summed E-state index contributed by atoms with van der Waals surface area (Å²) in [5.41, 5.74) is 0. The van der Waals surface area contributed by atoms with Crippen molar-refractivity contribution in [1.29, 1.82) is 0 Å². The fourth-order valence-corrected chi connectivity index (χ4v) is 10.5. The highest BCUT2D eigenvalue weighted by atomic mass is 16.6. The van der Waals surface area contributed by atoms with Gasteiger partial charge in [-0.1, -0.05) is 337 Å². The van der Waals surface area contributed by atoms with Crippen molar-refractivity contribution in [3.63, 3.8) is 0 Å². The Morgan fingerprint density at radius 3 is 0.735 bits per heavy atom. The molecule has 0 aromatic carbocycles. The smallest absolute Gasteiger partial charge is 0.306 e. The molecule has 0 N–H and O–H groups in total. The average Bonchev–Trinajstić information content (AvgIpc) is 3.48. The molecule has 0 radical (unpaired) electrons. The van der Waals surface area contributed by atoms with Crippen molar-refractivity contribution in [3.8, 4) is 0 Å². The number of esters is 3. The number of unbranched alkanes of at least 4 members (excludes halogenated alkanes) is 41. The van der Waals surface area contributed by atoms with Crippen molar-refractivity contribution < 1.29 is 28.6 Å². The predicted molar refractivity (Wildman–Crippen MR) is 362 cm³/mol. The zero-order chi connectivity index (χ0) is 59.9. The first kappa shape index (κ1) is 79.6. The van der Waals surface area contributed by atoms with Gasteiger partial charge in [-0.05, 0) is 96.3 Å². The molecule has 0 spiro atoms. The predicted octanol–water partition coefficient (Wildman–Crippen LogP) is 25.0. The van der Waals surface area contributed by atoms with E-state index in [1.807, 2.05) is 0 Å². The third-order valence-corrected chi connectivity index (χ3v) is 15.9. The van der Waals surface area contributed by atoms with Crippen LogP contribution in [0, 0.1) is 0 Å². The first-order valence-electron chi connectivity index (χ1n) is 36.1. The maximum Gasteiger partial charge on any atom is 0.306 e. The highest BCUT2D eigenvalue weighted by molar-refractivity contribution is 5.71. The molecule has 0 bridgehead atoms. The highest BCUT2D eigenvalue weighted by Gasteiger charge is 2.19. The molecule has 83 heavy (non-hydrogen) atoms. The zero-order valence-electron chi connectivity index (χ0n) is 55.2. The minimum atomic E-state index is -0.776. The van der Waals surface area contributed by atoms with E-state index >= 15 is 0 Å². The van der Waals surface area contributed by atoms with Gasteiger partial charge in [0, 0.05) is 19.3 Å². The van der Waals surface area contributed by atoms with Crippen LogP contribution in [0.15, 0.2) is 85.1 Å². The molecule has 6 heteroatoms. The number of ether oxygens (including phenoxy) is 3. The summed E-state index contributed by atoms with van der Waals surface area (Å²) in [6.45, 7) is 6.56. The second-order valence-electron chi connectivity index (χ2n) is 24.1. The van der Waals surface area contributed by atoms with Crippen LogP contribution < -0.4 is 0 Å². The summed E-state index contributed by atoms with van der Waals surface area (Å²) < 4.78 is 17.0. The van der Waals surface area contributed by atoms with Gasteiger partial charge in [-0.25, -0.2) is 0 Å². The Hall–Kier alpha value is -3.41. The molecule has 1 atom stereocenters. The molecule has 480 valence electrons. The zero-order valence-corrected chi connectivity index (χ0v) is 55.2. The molecule has 6 nitrogen and oxygen atoms in total. The van der Waals surface area contributed by atoms with Crippen LogP contribution in [0.25, 0.3) is 0 Å². The Morgan fingerprint density at radius 1 is 0.253 bits per heavy atom. The number of allylic oxidation sites excluding steroid dienone is 14. The Kier molecular flexibility index (Phi) is 68.2. The van der Waals surface area contributed by atoms with Gasteiger partial charge in [-0.3, -0.25) is 14.4 Å². The molecule has 0 fully saturated rings. The summed E-state index contributed by atoms with van der Waals surface area (Å²) in [6.07, 6.45) is 94.7. The van der Waals surface area contributed by atoms with Crippen LogP contribution in [0.1, 0.15) is 367 Å². The Morgan fingerprint density at radius 2 is 0.470 bits per heavy atom. The van der Waals surface area contributed by atoms with Gasteiger partial charge in [0.2, 0.25) is 0 Å². The van der Waals surface area contributed by atoms with E-state index in [0.29, 0.717) is 19.3 Å². The van der Waals surface area contributed by atoms with E-state index in [-0.39, 0.29) is 31.1 Å². The Labute approximate surface area is 515 Å². The summed E-state index contributed by atoms with van der Waals surface area (Å²) in [5.74, 6) is -0.856. The van der Waals surface area contributed by atoms with Crippen molar-refractivity contribution in [1.82, 2.24) is 0 Å². The van der Waals surface area contributed by atoms with Gasteiger partial charge in [-0.2, -0.15) is 0 Å². The third-order valence-electron chi connectivity index (χ3n) is 15.9. The number of hydrogen-bond donors (Lipinski definition) is 0. The van der Waals surface area contributed by atoms with Crippen molar-refractivity contribution in [2.75, 3.05) is 13.2 Å². The molecular formula is C77H136O6. The molecule has 0 aliphatic rings. The van der Waals surface area contributed by atoms with Crippen LogP contribution in [-0.4, -0.2) is 37.2 Å². The van der Waals surface area contributed by atoms with Crippen LogP contribution in [0.5, 0.6) is 0 Å². The average molecular weight is 1160 g/mol. The molecule has 0 heterocycles. The quantitative estimate of drug-likeness (QED) is 0.0261. The van der Waals surface area contributed by atoms with Crippen molar-refractivity contribution in [2.45, 2.75) is 374 Å². The standard InChI is InChI=1S/C77H136O6/c1-4-7-10-13-16-19-22-24-26-28-30-32-34-36-38-40-42-44-46-48-50-52-55-58-61-64-67-70-76(79)82-73-74(72-81-75(78)69-66-63-60-57-54-21-18-15-12-9-6-3)83-77(80)71-68-65-62-59-56-53-51-49-47-45-43-41-39-37-35-33-31-29-27-25-23-20-17-14-11-8-5-2/h7,10,16,19,23-26,29-32,35,37,74H,4-6,8-9,11-15,17-18,20-22,27-28,33-34,36,38-73H2,1-3H3/b10-7-,19-16-,25-23-,26-24-,31-29-,32-30-,37-35-. The molecule has 0 aliphatic heterocycles. The molecule has 0 amide bonds. The fourth-order valence-electron chi connectivity index (χ4n) is 10.5. The van der Waals surface area contributed by atoms with Crippen molar-refractivity contribution in [3.05, 3.63) is 85.1 Å². The van der Waals surface area contributed by atoms with E-state index in [0.717, 1.165) is 96.3 Å². The van der Waals surface area contributed by atoms with Crippen LogP contribution in [0.4, 0.5) is 0 Å². The number of rotatable bonds is 66. The second kappa shape index (κ2) is 71.1. The van der Waals surface area contributed by atoms with Gasteiger partial charge in [0.1, 0.15) is 13.2 Å². The van der Waals surface area contributed by atoms with Crippen LogP contribution in [0.3, 0.4) is 0 Å². The summed E-state index contributed by atoms with van der Waals surface area (Å²) in [5, 5.41) is 0. The van der Waals surface area contributed by atoms with Gasteiger partial charge >= 0.3 is 17.9 Å². The second-order valence-corrected chi connectivity index (χ2v) is 24.1. The normalized spacial score (nSPS) is 12.6. The van der Waals surface area contributed by atoms with Crippen molar-refractivity contribution in [2.24, 2.45) is 0 Å². The fraction of sp³-hybridized carbons (Fsp3) is 0.779. The first-order valence-corrected chi connectivity index (χ1v) is 36.1. The van der Waals surface area contributed by atoms with E-state index in [1.54, 1.807) is 0 Å². The summed E-state index contributed by atoms with van der Waals surface area (Å²) >= 11 is 0. The molecule has 0 rings (SSSR count). The lowest BCUT2D eigenvalue weighted by Gasteiger charge is -2.18. The summed E-state index contributed by atoms with van der Waals surface area (Å²) in [7, 11) is 0. The first-order chi connectivity index (χ1) is 41.0. The Balaban J connectivity index is 4.20. The third kappa shape index (κ3) is 69.3. The van der Waals surface area contributed by atoms with Gasteiger partial charge in [0.15, 0.2) is 6.10 Å². The molecule has 0 aromatic heterocycles. The SMILES string of the molecule is CC/C=C\C/C=C\C/C=C\C/C=C\CCCCCCCCCCCCCCCCC(=O)OCC(COC(=O)CCCCCCCCCCCCC)OC(=O)CCCCCCCCCCCCCC/C=C\C/C=C\C/C=C\CCCCCCC. The minimum absolute atomic E-state index is 0.0724. The molecule has 1 unspecified atom stereocenters. The van der Waals surface area contributed by atoms with Gasteiger partial charge in [0.25, 0.3) is 0 Å². The molecule has 0 aliphatic carbocycles. The lowest BCUT2D eigenvalue weighted by molar-refractivity contribution is -0.167. The summed E-state index contributed by atoms with van der Waals surface area (Å²) in [6, 6.07) is 0. The number of carbonyl (C=O) groups excluding carboxylic acids is 3. The van der Waals surface area contributed by atoms with Crippen LogP contribution in [0.2, 0.25) is 0 Å². The van der Waals surface area contributed by atoms with Crippen LogP contribution >= 0.6 is 0 Å². The number of carbonyl (C=O) groups is 3. The van der Waals surface area contributed by atoms with Gasteiger partial charge < -0.3 is 14.2 Å². The number of hydrogen-bond acceptors (Lipinski definition) is 6. The lowest BCUT2D eigenvalue weighted by atomic mass is 10.0. The largest absolute Gasteiger partial charge is 0.462 e. The summed E-state index contributed by atoms with van der Waals surface area (Å²) in [4.78, 5) is 38.4. The van der Waals surface area contributed by atoms with Gasteiger partial charge in [-0.15, -0.1) is 0 Å².